The summed E-state index contributed by atoms with van der Waals surface area (Å²) in [5.41, 5.74) is 2.33. The lowest BCUT2D eigenvalue weighted by molar-refractivity contribution is -0.123. The molecule has 0 spiro atoms. The summed E-state index contributed by atoms with van der Waals surface area (Å²) >= 11 is 5.94. The summed E-state index contributed by atoms with van der Waals surface area (Å²) in [7, 11) is 0. The van der Waals surface area contributed by atoms with Crippen LogP contribution in [-0.4, -0.2) is 19.1 Å². The molecule has 0 aliphatic rings. The number of hydrogen-bond acceptors (Lipinski definition) is 2. The number of carbonyl (C=O) groups is 1. The molecular weight excluding hydrogens is 322 g/mol. The Labute approximate surface area is 149 Å². The van der Waals surface area contributed by atoms with Gasteiger partial charge in [-0.3, -0.25) is 4.79 Å². The van der Waals surface area contributed by atoms with E-state index in [2.05, 4.69) is 32.2 Å². The quantitative estimate of drug-likeness (QED) is 0.844. The first-order valence-corrected chi connectivity index (χ1v) is 8.47. The van der Waals surface area contributed by atoms with E-state index in [0.717, 1.165) is 12.0 Å². The van der Waals surface area contributed by atoms with Gasteiger partial charge in [0.25, 0.3) is 5.91 Å². The molecule has 0 saturated heterocycles. The Bertz CT molecular complexity index is 692. The largest absolute Gasteiger partial charge is 0.484 e. The maximum atomic E-state index is 11.9. The number of nitrogens with one attached hydrogen (secondary N) is 1. The average molecular weight is 346 g/mol. The molecule has 0 radical (unpaired) electrons. The summed E-state index contributed by atoms with van der Waals surface area (Å²) in [6.07, 6.45) is 0.742. The van der Waals surface area contributed by atoms with Gasteiger partial charge in [0.1, 0.15) is 5.75 Å². The molecule has 0 heterocycles. The number of amides is 1. The van der Waals surface area contributed by atoms with Crippen LogP contribution >= 0.6 is 11.6 Å². The molecule has 0 unspecified atom stereocenters. The zero-order valence-electron chi connectivity index (χ0n) is 14.4. The fourth-order valence-electron chi connectivity index (χ4n) is 2.29. The second kappa shape index (κ2) is 8.20. The van der Waals surface area contributed by atoms with Crippen LogP contribution < -0.4 is 10.1 Å². The monoisotopic (exact) mass is 345 g/mol. The Morgan fingerprint density at radius 3 is 2.58 bits per heavy atom. The summed E-state index contributed by atoms with van der Waals surface area (Å²) < 4.78 is 5.59. The number of rotatable bonds is 6. The highest BCUT2D eigenvalue weighted by molar-refractivity contribution is 6.30. The van der Waals surface area contributed by atoms with Gasteiger partial charge in [-0.15, -0.1) is 0 Å². The van der Waals surface area contributed by atoms with Crippen molar-refractivity contribution in [1.29, 1.82) is 0 Å². The van der Waals surface area contributed by atoms with E-state index >= 15 is 0 Å². The summed E-state index contributed by atoms with van der Waals surface area (Å²) in [4.78, 5) is 11.9. The molecule has 0 aliphatic carbocycles. The van der Waals surface area contributed by atoms with Crippen molar-refractivity contribution in [1.82, 2.24) is 5.32 Å². The fraction of sp³-hybridized carbons (Fsp3) is 0.350. The molecule has 3 nitrogen and oxygen atoms in total. The van der Waals surface area contributed by atoms with Crippen LogP contribution in [0.2, 0.25) is 5.02 Å². The molecule has 0 aliphatic heterocycles. The molecule has 24 heavy (non-hydrogen) atoms. The van der Waals surface area contributed by atoms with E-state index in [1.165, 1.54) is 5.56 Å². The van der Waals surface area contributed by atoms with Crippen LogP contribution in [0, 0.1) is 0 Å². The predicted molar refractivity (Wildman–Crippen MR) is 98.8 cm³/mol. The Morgan fingerprint density at radius 1 is 1.12 bits per heavy atom. The molecule has 0 saturated carbocycles. The summed E-state index contributed by atoms with van der Waals surface area (Å²) in [5, 5.41) is 3.57. The van der Waals surface area contributed by atoms with Crippen LogP contribution in [0.1, 0.15) is 31.9 Å². The highest BCUT2D eigenvalue weighted by atomic mass is 35.5. The van der Waals surface area contributed by atoms with Crippen LogP contribution in [0.3, 0.4) is 0 Å². The Balaban J connectivity index is 1.77. The van der Waals surface area contributed by atoms with Crippen molar-refractivity contribution in [3.63, 3.8) is 0 Å². The van der Waals surface area contributed by atoms with Crippen molar-refractivity contribution in [2.45, 2.75) is 32.6 Å². The van der Waals surface area contributed by atoms with E-state index < -0.39 is 0 Å². The molecule has 2 aromatic carbocycles. The summed E-state index contributed by atoms with van der Waals surface area (Å²) in [5.74, 6) is 0.589. The lowest BCUT2D eigenvalue weighted by Crippen LogP contribution is -2.30. The molecular formula is C20H24ClNO2. The third-order valence-electron chi connectivity index (χ3n) is 3.69. The molecule has 0 aromatic heterocycles. The topological polar surface area (TPSA) is 38.3 Å². The van der Waals surface area contributed by atoms with Gasteiger partial charge < -0.3 is 10.1 Å². The highest BCUT2D eigenvalue weighted by Gasteiger charge is 2.14. The number of hydrogen-bond donors (Lipinski definition) is 1. The van der Waals surface area contributed by atoms with Gasteiger partial charge in [0.05, 0.1) is 0 Å². The SMILES string of the molecule is CC(C)(C)c1cccc(OCC(=O)NCCc2cccc(Cl)c2)c1. The molecule has 0 bridgehead atoms. The average Bonchev–Trinajstić information content (AvgIpc) is 2.52. The standard InChI is InChI=1S/C20H24ClNO2/c1-20(2,3)16-7-5-9-18(13-16)24-14-19(23)22-11-10-15-6-4-8-17(21)12-15/h4-9,12-13H,10-11,14H2,1-3H3,(H,22,23). The zero-order chi connectivity index (χ0) is 17.6. The highest BCUT2D eigenvalue weighted by Crippen LogP contribution is 2.25. The van der Waals surface area contributed by atoms with E-state index in [0.29, 0.717) is 17.3 Å². The van der Waals surface area contributed by atoms with Crippen molar-refractivity contribution in [3.05, 3.63) is 64.7 Å². The Hall–Kier alpha value is -2.00. The van der Waals surface area contributed by atoms with Gasteiger partial charge in [-0.1, -0.05) is 56.6 Å². The number of benzene rings is 2. The Kier molecular flexibility index (Phi) is 6.27. The second-order valence-electron chi connectivity index (χ2n) is 6.80. The fourth-order valence-corrected chi connectivity index (χ4v) is 2.50. The van der Waals surface area contributed by atoms with Gasteiger partial charge in [-0.25, -0.2) is 0 Å². The number of halogens is 1. The van der Waals surface area contributed by atoms with Gasteiger partial charge in [0, 0.05) is 11.6 Å². The van der Waals surface area contributed by atoms with Crippen LogP contribution in [0.25, 0.3) is 0 Å². The molecule has 2 aromatic rings. The summed E-state index contributed by atoms with van der Waals surface area (Å²) in [6, 6.07) is 15.5. The first-order valence-electron chi connectivity index (χ1n) is 8.09. The van der Waals surface area contributed by atoms with E-state index in [9.17, 15) is 4.79 Å². The molecule has 0 atom stereocenters. The second-order valence-corrected chi connectivity index (χ2v) is 7.23. The first-order chi connectivity index (χ1) is 11.3. The Morgan fingerprint density at radius 2 is 1.88 bits per heavy atom. The first kappa shape index (κ1) is 18.3. The van der Waals surface area contributed by atoms with Gasteiger partial charge >= 0.3 is 0 Å². The van der Waals surface area contributed by atoms with Gasteiger partial charge in [0.15, 0.2) is 6.61 Å². The molecule has 128 valence electrons. The summed E-state index contributed by atoms with van der Waals surface area (Å²) in [6.45, 7) is 7.02. The van der Waals surface area contributed by atoms with Gasteiger partial charge in [-0.05, 0) is 47.2 Å². The van der Waals surface area contributed by atoms with Crippen molar-refractivity contribution in [3.8, 4) is 5.75 Å². The maximum Gasteiger partial charge on any atom is 0.257 e. The lowest BCUT2D eigenvalue weighted by Gasteiger charge is -2.19. The maximum absolute atomic E-state index is 11.9. The predicted octanol–water partition coefficient (Wildman–Crippen LogP) is 4.38. The van der Waals surface area contributed by atoms with Crippen molar-refractivity contribution in [2.24, 2.45) is 0 Å². The minimum absolute atomic E-state index is 0.0170. The lowest BCUT2D eigenvalue weighted by atomic mass is 9.87. The minimum Gasteiger partial charge on any atom is -0.484 e. The van der Waals surface area contributed by atoms with Gasteiger partial charge in [-0.2, -0.15) is 0 Å². The number of carbonyl (C=O) groups excluding carboxylic acids is 1. The minimum atomic E-state index is -0.127. The van der Waals surface area contributed by atoms with Crippen LogP contribution in [0.15, 0.2) is 48.5 Å². The number of ether oxygens (including phenoxy) is 1. The molecule has 2 rings (SSSR count). The van der Waals surface area contributed by atoms with Crippen molar-refractivity contribution >= 4 is 17.5 Å². The van der Waals surface area contributed by atoms with Gasteiger partial charge in [0.2, 0.25) is 0 Å². The van der Waals surface area contributed by atoms with Crippen molar-refractivity contribution in [2.75, 3.05) is 13.2 Å². The van der Waals surface area contributed by atoms with Crippen LogP contribution in [-0.2, 0) is 16.6 Å². The third-order valence-corrected chi connectivity index (χ3v) is 3.93. The molecule has 1 amide bonds. The van der Waals surface area contributed by atoms with Crippen molar-refractivity contribution < 1.29 is 9.53 Å². The normalized spacial score (nSPS) is 11.2. The third kappa shape index (κ3) is 5.89. The zero-order valence-corrected chi connectivity index (χ0v) is 15.2. The van der Waals surface area contributed by atoms with Crippen LogP contribution in [0.5, 0.6) is 5.75 Å². The van der Waals surface area contributed by atoms with E-state index in [4.69, 9.17) is 16.3 Å². The van der Waals surface area contributed by atoms with E-state index in [-0.39, 0.29) is 17.9 Å². The molecule has 0 fully saturated rings. The van der Waals surface area contributed by atoms with E-state index in [1.807, 2.05) is 42.5 Å². The smallest absolute Gasteiger partial charge is 0.257 e. The molecule has 4 heteroatoms. The molecule has 1 N–H and O–H groups in total. The van der Waals surface area contributed by atoms with E-state index in [1.54, 1.807) is 0 Å². The van der Waals surface area contributed by atoms with Crippen LogP contribution in [0.4, 0.5) is 0 Å².